The van der Waals surface area contributed by atoms with Crippen molar-refractivity contribution in [2.24, 2.45) is 0 Å². The van der Waals surface area contributed by atoms with E-state index in [0.717, 1.165) is 18.2 Å². The van der Waals surface area contributed by atoms with Crippen LogP contribution in [-0.4, -0.2) is 13.1 Å². The summed E-state index contributed by atoms with van der Waals surface area (Å²) in [6.45, 7) is 0. The minimum atomic E-state index is -4.44. The zero-order valence-electron chi connectivity index (χ0n) is 8.72. The highest BCUT2D eigenvalue weighted by Gasteiger charge is 2.30. The monoisotopic (exact) mass is 264 g/mol. The van der Waals surface area contributed by atoms with Crippen LogP contribution in [0.1, 0.15) is 11.1 Å². The van der Waals surface area contributed by atoms with Gasteiger partial charge in [-0.1, -0.05) is 17.7 Å². The van der Waals surface area contributed by atoms with Gasteiger partial charge in [0.15, 0.2) is 0 Å². The summed E-state index contributed by atoms with van der Waals surface area (Å²) in [6.07, 6.45) is -2.07. The van der Waals surface area contributed by atoms with E-state index in [-0.39, 0.29) is 5.02 Å². The van der Waals surface area contributed by atoms with Crippen LogP contribution in [0.3, 0.4) is 0 Å². The van der Waals surface area contributed by atoms with Crippen LogP contribution in [0.4, 0.5) is 13.2 Å². The number of ether oxygens (including phenoxy) is 1. The van der Waals surface area contributed by atoms with Crippen molar-refractivity contribution in [3.05, 3.63) is 40.4 Å². The summed E-state index contributed by atoms with van der Waals surface area (Å²) < 4.78 is 41.3. The molecule has 0 unspecified atom stereocenters. The van der Waals surface area contributed by atoms with E-state index < -0.39 is 17.7 Å². The fourth-order valence-corrected chi connectivity index (χ4v) is 1.31. The van der Waals surface area contributed by atoms with Crippen molar-refractivity contribution in [1.29, 1.82) is 0 Å². The number of hydrogen-bond acceptors (Lipinski definition) is 2. The molecule has 1 rings (SSSR count). The van der Waals surface area contributed by atoms with E-state index in [1.54, 1.807) is 0 Å². The third-order valence-corrected chi connectivity index (χ3v) is 2.26. The first-order valence-electron chi connectivity index (χ1n) is 4.47. The molecule has 0 spiro atoms. The van der Waals surface area contributed by atoms with Crippen molar-refractivity contribution >= 4 is 23.6 Å². The molecule has 6 heteroatoms. The molecule has 0 saturated carbocycles. The van der Waals surface area contributed by atoms with E-state index in [9.17, 15) is 18.0 Å². The predicted molar refractivity (Wildman–Crippen MR) is 57.5 cm³/mol. The van der Waals surface area contributed by atoms with Crippen molar-refractivity contribution in [1.82, 2.24) is 0 Å². The number of esters is 1. The summed E-state index contributed by atoms with van der Waals surface area (Å²) in [7, 11) is 1.20. The van der Waals surface area contributed by atoms with Gasteiger partial charge in [-0.3, -0.25) is 0 Å². The third kappa shape index (κ3) is 3.78. The Balaban J connectivity index is 2.99. The predicted octanol–water partition coefficient (Wildman–Crippen LogP) is 3.55. The maximum absolute atomic E-state index is 12.3. The van der Waals surface area contributed by atoms with Gasteiger partial charge < -0.3 is 4.74 Å². The molecule has 92 valence electrons. The molecule has 0 amide bonds. The molecule has 0 fully saturated rings. The maximum atomic E-state index is 12.3. The lowest BCUT2D eigenvalue weighted by Crippen LogP contribution is -2.04. The SMILES string of the molecule is COC(=O)/C=C/c1ccc(C(F)(F)F)cc1Cl. The summed E-state index contributed by atoms with van der Waals surface area (Å²) in [5.74, 6) is -0.610. The van der Waals surface area contributed by atoms with Crippen LogP contribution in [0.2, 0.25) is 5.02 Å². The molecule has 1 aromatic rings. The quantitative estimate of drug-likeness (QED) is 0.603. The molecule has 1 aromatic carbocycles. The first kappa shape index (κ1) is 13.6. The van der Waals surface area contributed by atoms with Gasteiger partial charge in [0.05, 0.1) is 12.7 Å². The first-order valence-corrected chi connectivity index (χ1v) is 4.85. The first-order chi connectivity index (χ1) is 7.84. The zero-order chi connectivity index (χ0) is 13.1. The Morgan fingerprint density at radius 2 is 2.06 bits per heavy atom. The van der Waals surface area contributed by atoms with E-state index in [2.05, 4.69) is 4.74 Å². The van der Waals surface area contributed by atoms with Crippen molar-refractivity contribution < 1.29 is 22.7 Å². The van der Waals surface area contributed by atoms with Crippen molar-refractivity contribution in [3.8, 4) is 0 Å². The number of alkyl halides is 3. The van der Waals surface area contributed by atoms with Crippen molar-refractivity contribution in [2.75, 3.05) is 7.11 Å². The lowest BCUT2D eigenvalue weighted by molar-refractivity contribution is -0.137. The number of methoxy groups -OCH3 is 1. The Morgan fingerprint density at radius 1 is 1.41 bits per heavy atom. The Bertz CT molecular complexity index is 453. The number of halogens is 4. The average molecular weight is 265 g/mol. The molecule has 0 atom stereocenters. The molecule has 0 radical (unpaired) electrons. The Kier molecular flexibility index (Phi) is 4.17. The van der Waals surface area contributed by atoms with E-state index in [0.29, 0.717) is 5.56 Å². The lowest BCUT2D eigenvalue weighted by atomic mass is 10.1. The molecule has 0 aliphatic carbocycles. The molecule has 0 bridgehead atoms. The average Bonchev–Trinajstić information content (AvgIpc) is 2.25. The number of hydrogen-bond donors (Lipinski definition) is 0. The molecular formula is C11H8ClF3O2. The van der Waals surface area contributed by atoms with Crippen LogP contribution in [0.15, 0.2) is 24.3 Å². The molecule has 0 N–H and O–H groups in total. The zero-order valence-corrected chi connectivity index (χ0v) is 9.47. The van der Waals surface area contributed by atoms with Gasteiger partial charge in [-0.25, -0.2) is 4.79 Å². The Labute approximate surface area is 101 Å². The molecule has 0 aromatic heterocycles. The highest BCUT2D eigenvalue weighted by atomic mass is 35.5. The van der Waals surface area contributed by atoms with E-state index in [1.807, 2.05) is 0 Å². The number of rotatable bonds is 2. The Morgan fingerprint density at radius 3 is 2.53 bits per heavy atom. The molecule has 0 aliphatic rings. The standard InChI is InChI=1S/C11H8ClF3O2/c1-17-10(16)5-3-7-2-4-8(6-9(7)12)11(13,14)15/h2-6H,1H3/b5-3+. The Hall–Kier alpha value is -1.49. The van der Waals surface area contributed by atoms with Gasteiger partial charge in [0.2, 0.25) is 0 Å². The summed E-state index contributed by atoms with van der Waals surface area (Å²) in [4.78, 5) is 10.8. The number of carbonyl (C=O) groups excluding carboxylic acids is 1. The minimum Gasteiger partial charge on any atom is -0.466 e. The molecule has 17 heavy (non-hydrogen) atoms. The lowest BCUT2D eigenvalue weighted by Gasteiger charge is -2.07. The van der Waals surface area contributed by atoms with E-state index in [4.69, 9.17) is 11.6 Å². The van der Waals surface area contributed by atoms with Crippen LogP contribution in [0.5, 0.6) is 0 Å². The minimum absolute atomic E-state index is 0.0834. The smallest absolute Gasteiger partial charge is 0.416 e. The third-order valence-electron chi connectivity index (χ3n) is 1.93. The van der Waals surface area contributed by atoms with Gasteiger partial charge in [0.25, 0.3) is 0 Å². The number of benzene rings is 1. The molecule has 0 aliphatic heterocycles. The van der Waals surface area contributed by atoms with E-state index >= 15 is 0 Å². The van der Waals surface area contributed by atoms with Crippen LogP contribution in [-0.2, 0) is 15.7 Å². The van der Waals surface area contributed by atoms with Gasteiger partial charge in [-0.15, -0.1) is 0 Å². The molecular weight excluding hydrogens is 257 g/mol. The second-order valence-corrected chi connectivity index (χ2v) is 3.50. The summed E-state index contributed by atoms with van der Waals surface area (Å²) in [6, 6.07) is 2.88. The highest BCUT2D eigenvalue weighted by molar-refractivity contribution is 6.32. The molecule has 2 nitrogen and oxygen atoms in total. The van der Waals surface area contributed by atoms with Gasteiger partial charge in [0, 0.05) is 11.1 Å². The van der Waals surface area contributed by atoms with Crippen LogP contribution in [0, 0.1) is 0 Å². The largest absolute Gasteiger partial charge is 0.466 e. The fraction of sp³-hybridized carbons (Fsp3) is 0.182. The number of carbonyl (C=O) groups is 1. The summed E-state index contributed by atoms with van der Waals surface area (Å²) in [5, 5.41) is -0.0834. The molecule has 0 saturated heterocycles. The fourth-order valence-electron chi connectivity index (χ4n) is 1.06. The van der Waals surface area contributed by atoms with Gasteiger partial charge in [-0.2, -0.15) is 13.2 Å². The van der Waals surface area contributed by atoms with Crippen LogP contribution in [0.25, 0.3) is 6.08 Å². The van der Waals surface area contributed by atoms with Crippen molar-refractivity contribution in [2.45, 2.75) is 6.18 Å². The van der Waals surface area contributed by atoms with Crippen LogP contribution >= 0.6 is 11.6 Å². The van der Waals surface area contributed by atoms with Gasteiger partial charge in [0.1, 0.15) is 0 Å². The summed E-state index contributed by atoms with van der Waals surface area (Å²) >= 11 is 5.66. The van der Waals surface area contributed by atoms with Gasteiger partial charge >= 0.3 is 12.1 Å². The normalized spacial score (nSPS) is 11.8. The van der Waals surface area contributed by atoms with Gasteiger partial charge in [-0.05, 0) is 23.8 Å². The topological polar surface area (TPSA) is 26.3 Å². The maximum Gasteiger partial charge on any atom is 0.416 e. The molecule has 0 heterocycles. The second-order valence-electron chi connectivity index (χ2n) is 3.09. The van der Waals surface area contributed by atoms with Crippen molar-refractivity contribution in [3.63, 3.8) is 0 Å². The second kappa shape index (κ2) is 5.23. The summed E-state index contributed by atoms with van der Waals surface area (Å²) in [5.41, 5.74) is -0.525. The highest BCUT2D eigenvalue weighted by Crippen LogP contribution is 2.32. The van der Waals surface area contributed by atoms with E-state index in [1.165, 1.54) is 19.3 Å². The van der Waals surface area contributed by atoms with Crippen LogP contribution < -0.4 is 0 Å².